The van der Waals surface area contributed by atoms with Gasteiger partial charge in [-0.15, -0.1) is 0 Å². The molecular weight excluding hydrogens is 228 g/mol. The molecule has 1 fully saturated rings. The Morgan fingerprint density at radius 1 is 1.17 bits per heavy atom. The Bertz CT molecular complexity index is 430. The number of rotatable bonds is 6. The summed E-state index contributed by atoms with van der Waals surface area (Å²) < 4.78 is 10.8. The van der Waals surface area contributed by atoms with Crippen LogP contribution in [-0.4, -0.2) is 25.9 Å². The fourth-order valence-electron chi connectivity index (χ4n) is 2.15. The second-order valence-electron chi connectivity index (χ2n) is 5.04. The minimum Gasteiger partial charge on any atom is -0.454 e. The summed E-state index contributed by atoms with van der Waals surface area (Å²) in [6.45, 7) is 5.39. The first-order chi connectivity index (χ1) is 8.83. The third kappa shape index (κ3) is 2.76. The van der Waals surface area contributed by atoms with Crippen LogP contribution in [0.2, 0.25) is 0 Å². The second kappa shape index (κ2) is 5.16. The molecule has 0 radical (unpaired) electrons. The number of hydrogen-bond acceptors (Lipinski definition) is 4. The summed E-state index contributed by atoms with van der Waals surface area (Å²) in [4.78, 5) is 0. The molecule has 4 heteroatoms. The van der Waals surface area contributed by atoms with Crippen molar-refractivity contribution in [3.8, 4) is 11.5 Å². The predicted octanol–water partition coefficient (Wildman–Crippen LogP) is 1.57. The standard InChI is InChI=1S/C14H20N2O2/c1-10-6-13-14(18-9-17-13)7-11(10)8-15-4-5-16-12-2-3-12/h6-7,12,15-16H,2-5,8-9H2,1H3. The van der Waals surface area contributed by atoms with Crippen LogP contribution in [0, 0.1) is 6.92 Å². The van der Waals surface area contributed by atoms with E-state index in [1.165, 1.54) is 24.0 Å². The zero-order valence-corrected chi connectivity index (χ0v) is 10.8. The lowest BCUT2D eigenvalue weighted by atomic mass is 10.1. The molecule has 0 saturated heterocycles. The highest BCUT2D eigenvalue weighted by Gasteiger charge is 2.19. The second-order valence-corrected chi connectivity index (χ2v) is 5.04. The molecule has 18 heavy (non-hydrogen) atoms. The van der Waals surface area contributed by atoms with Crippen molar-refractivity contribution in [2.75, 3.05) is 19.9 Å². The maximum Gasteiger partial charge on any atom is 0.231 e. The fraction of sp³-hybridized carbons (Fsp3) is 0.571. The predicted molar refractivity (Wildman–Crippen MR) is 70.0 cm³/mol. The SMILES string of the molecule is Cc1cc2c(cc1CNCCNC1CC1)OCO2. The van der Waals surface area contributed by atoms with E-state index in [2.05, 4.69) is 29.7 Å². The average molecular weight is 248 g/mol. The Labute approximate surface area is 108 Å². The van der Waals surface area contributed by atoms with Gasteiger partial charge in [0.25, 0.3) is 0 Å². The summed E-state index contributed by atoms with van der Waals surface area (Å²) in [6, 6.07) is 4.93. The van der Waals surface area contributed by atoms with E-state index in [9.17, 15) is 0 Å². The number of benzene rings is 1. The Kier molecular flexibility index (Phi) is 3.39. The minimum absolute atomic E-state index is 0.344. The summed E-state index contributed by atoms with van der Waals surface area (Å²) in [5.41, 5.74) is 2.53. The molecule has 0 amide bonds. The van der Waals surface area contributed by atoms with Crippen molar-refractivity contribution in [2.45, 2.75) is 32.4 Å². The van der Waals surface area contributed by atoms with Crippen molar-refractivity contribution >= 4 is 0 Å². The maximum absolute atomic E-state index is 5.40. The monoisotopic (exact) mass is 248 g/mol. The van der Waals surface area contributed by atoms with Gasteiger partial charge in [0.15, 0.2) is 11.5 Å². The molecule has 0 spiro atoms. The van der Waals surface area contributed by atoms with Crippen molar-refractivity contribution in [3.63, 3.8) is 0 Å². The van der Waals surface area contributed by atoms with Crippen LogP contribution in [-0.2, 0) is 6.54 Å². The van der Waals surface area contributed by atoms with Crippen molar-refractivity contribution in [1.82, 2.24) is 10.6 Å². The van der Waals surface area contributed by atoms with Crippen LogP contribution in [0.15, 0.2) is 12.1 Å². The van der Waals surface area contributed by atoms with Gasteiger partial charge >= 0.3 is 0 Å². The molecule has 0 bridgehead atoms. The maximum atomic E-state index is 5.40. The summed E-state index contributed by atoms with van der Waals surface area (Å²) in [5, 5.41) is 6.95. The van der Waals surface area contributed by atoms with Crippen molar-refractivity contribution < 1.29 is 9.47 Å². The highest BCUT2D eigenvalue weighted by atomic mass is 16.7. The minimum atomic E-state index is 0.344. The van der Waals surface area contributed by atoms with Crippen molar-refractivity contribution in [1.29, 1.82) is 0 Å². The molecule has 1 saturated carbocycles. The molecule has 3 rings (SSSR count). The molecule has 98 valence electrons. The van der Waals surface area contributed by atoms with Crippen LogP contribution in [0.3, 0.4) is 0 Å². The van der Waals surface area contributed by atoms with Gasteiger partial charge in [0.05, 0.1) is 0 Å². The van der Waals surface area contributed by atoms with E-state index in [1.807, 2.05) is 0 Å². The van der Waals surface area contributed by atoms with Gasteiger partial charge in [-0.3, -0.25) is 0 Å². The lowest BCUT2D eigenvalue weighted by Crippen LogP contribution is -2.28. The first kappa shape index (κ1) is 11.8. The third-order valence-corrected chi connectivity index (χ3v) is 3.46. The molecule has 0 aromatic heterocycles. The highest BCUT2D eigenvalue weighted by Crippen LogP contribution is 2.34. The van der Waals surface area contributed by atoms with Gasteiger partial charge < -0.3 is 20.1 Å². The topological polar surface area (TPSA) is 42.5 Å². The number of fused-ring (bicyclic) bond motifs is 1. The smallest absolute Gasteiger partial charge is 0.231 e. The van der Waals surface area contributed by atoms with E-state index in [1.54, 1.807) is 0 Å². The number of hydrogen-bond donors (Lipinski definition) is 2. The fourth-order valence-corrected chi connectivity index (χ4v) is 2.15. The van der Waals surface area contributed by atoms with Gasteiger partial charge in [-0.2, -0.15) is 0 Å². The summed E-state index contributed by atoms with van der Waals surface area (Å²) in [5.74, 6) is 1.74. The van der Waals surface area contributed by atoms with Gasteiger partial charge in [0.2, 0.25) is 6.79 Å². The molecular formula is C14H20N2O2. The quantitative estimate of drug-likeness (QED) is 0.750. The van der Waals surface area contributed by atoms with Gasteiger partial charge in [0.1, 0.15) is 0 Å². The normalized spacial score (nSPS) is 17.2. The molecule has 1 aromatic carbocycles. The Morgan fingerprint density at radius 3 is 2.72 bits per heavy atom. The molecule has 0 unspecified atom stereocenters. The molecule has 0 atom stereocenters. The van der Waals surface area contributed by atoms with Crippen LogP contribution < -0.4 is 20.1 Å². The van der Waals surface area contributed by atoms with Crippen molar-refractivity contribution in [3.05, 3.63) is 23.3 Å². The third-order valence-electron chi connectivity index (χ3n) is 3.46. The van der Waals surface area contributed by atoms with Crippen LogP contribution in [0.25, 0.3) is 0 Å². The van der Waals surface area contributed by atoms with E-state index < -0.39 is 0 Å². The van der Waals surface area contributed by atoms with Crippen LogP contribution >= 0.6 is 0 Å². The highest BCUT2D eigenvalue weighted by molar-refractivity contribution is 5.48. The zero-order chi connectivity index (χ0) is 12.4. The van der Waals surface area contributed by atoms with Crippen molar-refractivity contribution in [2.24, 2.45) is 0 Å². The van der Waals surface area contributed by atoms with E-state index in [0.29, 0.717) is 6.79 Å². The van der Waals surface area contributed by atoms with E-state index in [0.717, 1.165) is 37.2 Å². The van der Waals surface area contributed by atoms with E-state index in [-0.39, 0.29) is 0 Å². The lowest BCUT2D eigenvalue weighted by molar-refractivity contribution is 0.174. The van der Waals surface area contributed by atoms with E-state index >= 15 is 0 Å². The number of ether oxygens (including phenoxy) is 2. The molecule has 1 heterocycles. The van der Waals surface area contributed by atoms with Crippen LogP contribution in [0.1, 0.15) is 24.0 Å². The molecule has 1 aliphatic carbocycles. The van der Waals surface area contributed by atoms with Gasteiger partial charge in [-0.25, -0.2) is 0 Å². The lowest BCUT2D eigenvalue weighted by Gasteiger charge is -2.09. The first-order valence-electron chi connectivity index (χ1n) is 6.66. The molecule has 2 aliphatic rings. The molecule has 1 aromatic rings. The molecule has 2 N–H and O–H groups in total. The summed E-state index contributed by atoms with van der Waals surface area (Å²) in [6.07, 6.45) is 2.70. The van der Waals surface area contributed by atoms with Gasteiger partial charge in [0, 0.05) is 25.7 Å². The Morgan fingerprint density at radius 2 is 1.94 bits per heavy atom. The summed E-state index contributed by atoms with van der Waals surface area (Å²) >= 11 is 0. The van der Waals surface area contributed by atoms with Crippen LogP contribution in [0.4, 0.5) is 0 Å². The van der Waals surface area contributed by atoms with Crippen LogP contribution in [0.5, 0.6) is 11.5 Å². The van der Waals surface area contributed by atoms with Gasteiger partial charge in [-0.1, -0.05) is 0 Å². The number of aryl methyl sites for hydroxylation is 1. The molecule has 1 aliphatic heterocycles. The first-order valence-corrected chi connectivity index (χ1v) is 6.66. The Balaban J connectivity index is 1.49. The molecule has 4 nitrogen and oxygen atoms in total. The zero-order valence-electron chi connectivity index (χ0n) is 10.8. The average Bonchev–Trinajstić information content (AvgIpc) is 3.07. The Hall–Kier alpha value is -1.26. The van der Waals surface area contributed by atoms with E-state index in [4.69, 9.17) is 9.47 Å². The van der Waals surface area contributed by atoms with Gasteiger partial charge in [-0.05, 0) is 43.0 Å². The largest absolute Gasteiger partial charge is 0.454 e. The number of nitrogens with one attached hydrogen (secondary N) is 2. The summed E-state index contributed by atoms with van der Waals surface area (Å²) in [7, 11) is 0.